The van der Waals surface area contributed by atoms with E-state index < -0.39 is 5.82 Å². The van der Waals surface area contributed by atoms with Crippen molar-refractivity contribution in [2.45, 2.75) is 25.7 Å². The fraction of sp³-hybridized carbons (Fsp3) is 0.500. The summed E-state index contributed by atoms with van der Waals surface area (Å²) in [7, 11) is 0. The number of benzene rings is 1. The number of phenolic OH excluding ortho intramolecular Hbond substituents is 1. The van der Waals surface area contributed by atoms with Gasteiger partial charge in [-0.1, -0.05) is 29.8 Å². The van der Waals surface area contributed by atoms with Crippen molar-refractivity contribution in [3.8, 4) is 5.75 Å². The van der Waals surface area contributed by atoms with Gasteiger partial charge >= 0.3 is 0 Å². The lowest BCUT2D eigenvalue weighted by Gasteiger charge is -2.20. The maximum absolute atomic E-state index is 13.5. The van der Waals surface area contributed by atoms with Crippen molar-refractivity contribution in [3.63, 3.8) is 0 Å². The minimum atomic E-state index is -0.597. The van der Waals surface area contributed by atoms with Crippen LogP contribution in [-0.2, 0) is 5.41 Å². The van der Waals surface area contributed by atoms with Crippen LogP contribution >= 0.6 is 15.9 Å². The molecule has 4 heteroatoms. The predicted octanol–water partition coefficient (Wildman–Crippen LogP) is 2.92. The van der Waals surface area contributed by atoms with E-state index in [1.165, 1.54) is 6.07 Å². The fourth-order valence-electron chi connectivity index (χ4n) is 2.56. The fourth-order valence-corrected chi connectivity index (χ4v) is 2.99. The number of phenols is 1. The highest BCUT2D eigenvalue weighted by Crippen LogP contribution is 2.65. The van der Waals surface area contributed by atoms with E-state index >= 15 is 0 Å². The van der Waals surface area contributed by atoms with E-state index in [2.05, 4.69) is 29.8 Å². The highest BCUT2D eigenvalue weighted by Gasteiger charge is 2.62. The summed E-state index contributed by atoms with van der Waals surface area (Å²) in [6, 6.07) is 3.03. The predicted molar refractivity (Wildman–Crippen MR) is 64.9 cm³/mol. The zero-order chi connectivity index (χ0) is 12.1. The van der Waals surface area contributed by atoms with E-state index in [9.17, 15) is 9.50 Å². The topological polar surface area (TPSA) is 46.2 Å². The van der Waals surface area contributed by atoms with Crippen molar-refractivity contribution in [2.75, 3.05) is 6.54 Å². The maximum atomic E-state index is 13.5. The second-order valence-electron chi connectivity index (χ2n) is 5.13. The molecule has 0 heterocycles. The highest BCUT2D eigenvalue weighted by atomic mass is 79.9. The largest absolute Gasteiger partial charge is 0.505 e. The summed E-state index contributed by atoms with van der Waals surface area (Å²) in [5.74, 6) is -0.862. The van der Waals surface area contributed by atoms with E-state index in [1.54, 1.807) is 6.07 Å². The first-order valence-electron chi connectivity index (χ1n) is 5.23. The Kier molecular flexibility index (Phi) is 2.55. The van der Waals surface area contributed by atoms with Gasteiger partial charge in [-0.05, 0) is 24.0 Å². The van der Waals surface area contributed by atoms with E-state index in [-0.39, 0.29) is 16.6 Å². The first kappa shape index (κ1) is 11.9. The number of aromatic hydroxyl groups is 1. The van der Waals surface area contributed by atoms with E-state index in [4.69, 9.17) is 5.73 Å². The van der Waals surface area contributed by atoms with Crippen LogP contribution in [0.25, 0.3) is 0 Å². The van der Waals surface area contributed by atoms with Gasteiger partial charge in [0.15, 0.2) is 11.6 Å². The van der Waals surface area contributed by atoms with Crippen molar-refractivity contribution < 1.29 is 9.50 Å². The van der Waals surface area contributed by atoms with Gasteiger partial charge < -0.3 is 10.8 Å². The molecule has 88 valence electrons. The van der Waals surface area contributed by atoms with Crippen LogP contribution in [0, 0.1) is 11.2 Å². The number of rotatable bonds is 2. The molecule has 0 radical (unpaired) electrons. The van der Waals surface area contributed by atoms with Crippen LogP contribution < -0.4 is 5.73 Å². The van der Waals surface area contributed by atoms with Crippen LogP contribution in [0.5, 0.6) is 5.75 Å². The molecule has 1 atom stereocenters. The number of nitrogens with two attached hydrogens (primary N) is 1. The Morgan fingerprint density at radius 1 is 1.50 bits per heavy atom. The Morgan fingerprint density at radius 3 is 2.50 bits per heavy atom. The molecule has 0 spiro atoms. The second kappa shape index (κ2) is 3.44. The average molecular weight is 288 g/mol. The Hall–Kier alpha value is -0.610. The molecule has 1 aliphatic carbocycles. The molecule has 1 fully saturated rings. The summed E-state index contributed by atoms with van der Waals surface area (Å²) in [4.78, 5) is 0. The van der Waals surface area contributed by atoms with Gasteiger partial charge in [-0.2, -0.15) is 0 Å². The lowest BCUT2D eigenvalue weighted by molar-refractivity contribution is 0.405. The minimum Gasteiger partial charge on any atom is -0.505 e. The van der Waals surface area contributed by atoms with Crippen LogP contribution in [0.2, 0.25) is 0 Å². The third-order valence-electron chi connectivity index (χ3n) is 3.81. The molecule has 2 nitrogen and oxygen atoms in total. The molecular weight excluding hydrogens is 273 g/mol. The SMILES string of the molecule is CC1(C)CC1(CN)c1cc(Br)cc(F)c1O. The second-order valence-corrected chi connectivity index (χ2v) is 6.05. The van der Waals surface area contributed by atoms with Crippen molar-refractivity contribution in [1.29, 1.82) is 0 Å². The molecule has 0 aliphatic heterocycles. The van der Waals surface area contributed by atoms with E-state index in [0.717, 1.165) is 6.42 Å². The molecule has 3 N–H and O–H groups in total. The molecular formula is C12H15BrFNO. The number of hydrogen-bond acceptors (Lipinski definition) is 2. The molecule has 0 aromatic heterocycles. The summed E-state index contributed by atoms with van der Waals surface area (Å²) in [5.41, 5.74) is 6.14. The van der Waals surface area contributed by atoms with Gasteiger partial charge in [-0.15, -0.1) is 0 Å². The third-order valence-corrected chi connectivity index (χ3v) is 4.26. The Balaban J connectivity index is 2.57. The Labute approximate surface area is 103 Å². The lowest BCUT2D eigenvalue weighted by Crippen LogP contribution is -2.25. The summed E-state index contributed by atoms with van der Waals surface area (Å²) in [6.45, 7) is 4.58. The van der Waals surface area contributed by atoms with Gasteiger partial charge in [0, 0.05) is 22.0 Å². The van der Waals surface area contributed by atoms with Crippen LogP contribution in [0.1, 0.15) is 25.8 Å². The van der Waals surface area contributed by atoms with Gasteiger partial charge in [0.1, 0.15) is 0 Å². The summed E-state index contributed by atoms with van der Waals surface area (Å²) < 4.78 is 14.1. The average Bonchev–Trinajstić information content (AvgIpc) is 2.76. The smallest absolute Gasteiger partial charge is 0.166 e. The molecule has 0 saturated heterocycles. The highest BCUT2D eigenvalue weighted by molar-refractivity contribution is 9.10. The lowest BCUT2D eigenvalue weighted by atomic mass is 9.87. The van der Waals surface area contributed by atoms with E-state index in [1.807, 2.05) is 0 Å². The molecule has 1 aromatic carbocycles. The quantitative estimate of drug-likeness (QED) is 0.879. The van der Waals surface area contributed by atoms with Gasteiger partial charge in [-0.25, -0.2) is 4.39 Å². The van der Waals surface area contributed by atoms with E-state index in [0.29, 0.717) is 16.6 Å². The van der Waals surface area contributed by atoms with Crippen LogP contribution in [0.4, 0.5) is 4.39 Å². The maximum Gasteiger partial charge on any atom is 0.166 e. The van der Waals surface area contributed by atoms with Gasteiger partial charge in [0.2, 0.25) is 0 Å². The first-order chi connectivity index (χ1) is 7.34. The molecule has 1 saturated carbocycles. The summed E-state index contributed by atoms with van der Waals surface area (Å²) in [5, 5.41) is 9.81. The van der Waals surface area contributed by atoms with Crippen molar-refractivity contribution in [1.82, 2.24) is 0 Å². The van der Waals surface area contributed by atoms with Crippen molar-refractivity contribution in [2.24, 2.45) is 11.1 Å². The number of halogens is 2. The Bertz CT molecular complexity index is 447. The van der Waals surface area contributed by atoms with Crippen LogP contribution in [0.3, 0.4) is 0 Å². The Morgan fingerprint density at radius 2 is 2.06 bits per heavy atom. The standard InChI is InChI=1S/C12H15BrFNO/c1-11(2)5-12(11,6-15)8-3-7(13)4-9(14)10(8)16/h3-4,16H,5-6,15H2,1-2H3. The van der Waals surface area contributed by atoms with Crippen molar-refractivity contribution >= 4 is 15.9 Å². The summed E-state index contributed by atoms with van der Waals surface area (Å²) >= 11 is 3.24. The normalized spacial score (nSPS) is 26.8. The molecule has 0 amide bonds. The monoisotopic (exact) mass is 287 g/mol. The first-order valence-corrected chi connectivity index (χ1v) is 6.02. The molecule has 1 unspecified atom stereocenters. The molecule has 16 heavy (non-hydrogen) atoms. The number of hydrogen-bond donors (Lipinski definition) is 2. The van der Waals surface area contributed by atoms with Crippen LogP contribution in [-0.4, -0.2) is 11.7 Å². The molecule has 1 aliphatic rings. The molecule has 2 rings (SSSR count). The zero-order valence-electron chi connectivity index (χ0n) is 9.35. The minimum absolute atomic E-state index is 0.0203. The molecule has 0 bridgehead atoms. The van der Waals surface area contributed by atoms with Crippen LogP contribution in [0.15, 0.2) is 16.6 Å². The summed E-state index contributed by atoms with van der Waals surface area (Å²) in [6.07, 6.45) is 0.875. The zero-order valence-corrected chi connectivity index (χ0v) is 10.9. The van der Waals surface area contributed by atoms with Gasteiger partial charge in [0.05, 0.1) is 0 Å². The third kappa shape index (κ3) is 1.47. The van der Waals surface area contributed by atoms with Crippen molar-refractivity contribution in [3.05, 3.63) is 28.0 Å². The van der Waals surface area contributed by atoms with Gasteiger partial charge in [-0.3, -0.25) is 0 Å². The van der Waals surface area contributed by atoms with Gasteiger partial charge in [0.25, 0.3) is 0 Å². The molecule has 1 aromatic rings.